The summed E-state index contributed by atoms with van der Waals surface area (Å²) in [4.78, 5) is 23.4. The van der Waals surface area contributed by atoms with Gasteiger partial charge < -0.3 is 5.73 Å². The van der Waals surface area contributed by atoms with Crippen molar-refractivity contribution in [2.45, 2.75) is 25.8 Å². The fraction of sp³-hybridized carbons (Fsp3) is 0.292. The number of carbonyl (C=O) groups is 1. The Morgan fingerprint density at radius 1 is 1.03 bits per heavy atom. The van der Waals surface area contributed by atoms with Gasteiger partial charge in [-0.2, -0.15) is 0 Å². The Bertz CT molecular complexity index is 961. The summed E-state index contributed by atoms with van der Waals surface area (Å²) >= 11 is 0. The van der Waals surface area contributed by atoms with E-state index in [2.05, 4.69) is 33.1 Å². The molecule has 0 spiro atoms. The van der Waals surface area contributed by atoms with Crippen LogP contribution in [-0.4, -0.2) is 33.9 Å². The Hall–Kier alpha value is -3.05. The van der Waals surface area contributed by atoms with Crippen molar-refractivity contribution in [2.75, 3.05) is 13.1 Å². The quantitative estimate of drug-likeness (QED) is 0.704. The van der Waals surface area contributed by atoms with Crippen molar-refractivity contribution >= 4 is 5.91 Å². The van der Waals surface area contributed by atoms with E-state index < -0.39 is 5.41 Å². The predicted octanol–water partition coefficient (Wildman–Crippen LogP) is 3.45. The van der Waals surface area contributed by atoms with Crippen LogP contribution in [0.25, 0.3) is 11.1 Å². The van der Waals surface area contributed by atoms with Crippen molar-refractivity contribution in [3.05, 3.63) is 84.4 Å². The highest BCUT2D eigenvalue weighted by molar-refractivity contribution is 5.81. The molecule has 2 aromatic heterocycles. The maximum absolute atomic E-state index is 12.6. The van der Waals surface area contributed by atoms with Crippen molar-refractivity contribution in [1.82, 2.24) is 14.9 Å². The zero-order valence-corrected chi connectivity index (χ0v) is 16.5. The van der Waals surface area contributed by atoms with E-state index in [0.717, 1.165) is 48.3 Å². The van der Waals surface area contributed by atoms with Gasteiger partial charge in [0.1, 0.15) is 0 Å². The van der Waals surface area contributed by atoms with Crippen LogP contribution in [-0.2, 0) is 17.8 Å². The van der Waals surface area contributed by atoms with Crippen LogP contribution in [0, 0.1) is 5.41 Å². The van der Waals surface area contributed by atoms with Crippen molar-refractivity contribution in [3.63, 3.8) is 0 Å². The van der Waals surface area contributed by atoms with Crippen molar-refractivity contribution in [2.24, 2.45) is 11.1 Å². The number of benzene rings is 1. The van der Waals surface area contributed by atoms with Gasteiger partial charge in [-0.1, -0.05) is 30.3 Å². The van der Waals surface area contributed by atoms with Gasteiger partial charge in [-0.05, 0) is 66.8 Å². The molecular weight excluding hydrogens is 360 g/mol. The number of hydrogen-bond acceptors (Lipinski definition) is 4. The average Bonchev–Trinajstić information content (AvgIpc) is 2.75. The van der Waals surface area contributed by atoms with E-state index in [1.54, 1.807) is 12.4 Å². The number of hydrogen-bond donors (Lipinski definition) is 1. The summed E-state index contributed by atoms with van der Waals surface area (Å²) in [6.07, 6.45) is 7.83. The van der Waals surface area contributed by atoms with Crippen LogP contribution in [0.15, 0.2) is 73.2 Å². The normalized spacial score (nSPS) is 19.7. The molecule has 0 bridgehead atoms. The van der Waals surface area contributed by atoms with Gasteiger partial charge >= 0.3 is 0 Å². The van der Waals surface area contributed by atoms with E-state index in [-0.39, 0.29) is 5.91 Å². The Balaban J connectivity index is 1.55. The number of piperidine rings is 1. The smallest absolute Gasteiger partial charge is 0.225 e. The molecule has 5 nitrogen and oxygen atoms in total. The van der Waals surface area contributed by atoms with Crippen LogP contribution in [0.2, 0.25) is 0 Å². The third kappa shape index (κ3) is 4.51. The fourth-order valence-electron chi connectivity index (χ4n) is 4.31. The molecule has 148 valence electrons. The lowest BCUT2D eigenvalue weighted by atomic mass is 9.74. The SMILES string of the molecule is NC(=O)[C@@]1(Cc2cccc(-c3ccncc3)c2)CCCN(Cc2ccccn2)C1. The Morgan fingerprint density at radius 2 is 1.90 bits per heavy atom. The van der Waals surface area contributed by atoms with E-state index in [9.17, 15) is 4.79 Å². The van der Waals surface area contributed by atoms with E-state index >= 15 is 0 Å². The van der Waals surface area contributed by atoms with E-state index in [4.69, 9.17) is 5.73 Å². The van der Waals surface area contributed by atoms with Crippen molar-refractivity contribution in [3.8, 4) is 11.1 Å². The molecule has 2 N–H and O–H groups in total. The van der Waals surface area contributed by atoms with Crippen LogP contribution in [0.4, 0.5) is 0 Å². The molecule has 3 heterocycles. The van der Waals surface area contributed by atoms with E-state index in [1.165, 1.54) is 0 Å². The van der Waals surface area contributed by atoms with Crippen LogP contribution in [0.1, 0.15) is 24.1 Å². The number of likely N-dealkylation sites (tertiary alicyclic amines) is 1. The Kier molecular flexibility index (Phi) is 5.67. The minimum atomic E-state index is -0.552. The zero-order valence-electron chi connectivity index (χ0n) is 16.5. The van der Waals surface area contributed by atoms with Crippen molar-refractivity contribution < 1.29 is 4.79 Å². The zero-order chi connectivity index (χ0) is 20.1. The van der Waals surface area contributed by atoms with Crippen molar-refractivity contribution in [1.29, 1.82) is 0 Å². The van der Waals surface area contributed by atoms with Gasteiger partial charge in [0.2, 0.25) is 5.91 Å². The number of carbonyl (C=O) groups excluding carboxylic acids is 1. The fourth-order valence-corrected chi connectivity index (χ4v) is 4.31. The van der Waals surface area contributed by atoms with Crippen LogP contribution >= 0.6 is 0 Å². The molecule has 1 aromatic carbocycles. The second-order valence-electron chi connectivity index (χ2n) is 7.89. The lowest BCUT2D eigenvalue weighted by molar-refractivity contribution is -0.131. The first-order valence-electron chi connectivity index (χ1n) is 10.1. The molecule has 0 saturated carbocycles. The maximum Gasteiger partial charge on any atom is 0.225 e. The number of rotatable bonds is 6. The summed E-state index contributed by atoms with van der Waals surface area (Å²) < 4.78 is 0. The minimum absolute atomic E-state index is 0.211. The number of nitrogens with two attached hydrogens (primary N) is 1. The predicted molar refractivity (Wildman–Crippen MR) is 114 cm³/mol. The molecule has 29 heavy (non-hydrogen) atoms. The lowest BCUT2D eigenvalue weighted by Gasteiger charge is -2.41. The maximum atomic E-state index is 12.6. The largest absolute Gasteiger partial charge is 0.369 e. The molecule has 1 atom stereocenters. The molecule has 1 amide bonds. The monoisotopic (exact) mass is 386 g/mol. The molecule has 1 saturated heterocycles. The van der Waals surface area contributed by atoms with Gasteiger partial charge in [-0.15, -0.1) is 0 Å². The lowest BCUT2D eigenvalue weighted by Crippen LogP contribution is -2.51. The summed E-state index contributed by atoms with van der Waals surface area (Å²) in [5, 5.41) is 0. The number of pyridine rings is 2. The first kappa shape index (κ1) is 19.3. The molecular formula is C24H26N4O. The van der Waals surface area contributed by atoms with Gasteiger partial charge in [0, 0.05) is 31.7 Å². The van der Waals surface area contributed by atoms with Crippen LogP contribution in [0.3, 0.4) is 0 Å². The summed E-state index contributed by atoms with van der Waals surface area (Å²) in [5.74, 6) is -0.211. The summed E-state index contributed by atoms with van der Waals surface area (Å²) in [6, 6.07) is 18.3. The number of aromatic nitrogens is 2. The van der Waals surface area contributed by atoms with Crippen LogP contribution < -0.4 is 5.73 Å². The van der Waals surface area contributed by atoms with E-state index in [0.29, 0.717) is 13.0 Å². The summed E-state index contributed by atoms with van der Waals surface area (Å²) in [7, 11) is 0. The van der Waals surface area contributed by atoms with Gasteiger partial charge in [-0.3, -0.25) is 19.7 Å². The molecule has 1 fully saturated rings. The molecule has 3 aromatic rings. The molecule has 4 rings (SSSR count). The molecule has 1 aliphatic heterocycles. The highest BCUT2D eigenvalue weighted by Crippen LogP contribution is 2.35. The average molecular weight is 386 g/mol. The van der Waals surface area contributed by atoms with Gasteiger partial charge in [0.25, 0.3) is 0 Å². The Labute approximate surface area is 171 Å². The van der Waals surface area contributed by atoms with Gasteiger partial charge in [-0.25, -0.2) is 0 Å². The highest BCUT2D eigenvalue weighted by atomic mass is 16.1. The standard InChI is InChI=1S/C24H26N4O/c25-23(29)24(10-4-14-28(18-24)17-22-7-1-2-11-27-22)16-19-5-3-6-21(15-19)20-8-12-26-13-9-20/h1-3,5-9,11-13,15H,4,10,14,16-18H2,(H2,25,29)/t24-/m1/s1. The molecule has 0 aliphatic carbocycles. The minimum Gasteiger partial charge on any atom is -0.369 e. The molecule has 5 heteroatoms. The summed E-state index contributed by atoms with van der Waals surface area (Å²) in [5.41, 5.74) is 9.82. The first-order valence-corrected chi connectivity index (χ1v) is 10.1. The number of primary amides is 1. The number of amides is 1. The topological polar surface area (TPSA) is 72.1 Å². The van der Waals surface area contributed by atoms with Gasteiger partial charge in [0.05, 0.1) is 11.1 Å². The Morgan fingerprint density at radius 3 is 2.66 bits per heavy atom. The highest BCUT2D eigenvalue weighted by Gasteiger charge is 2.40. The second-order valence-corrected chi connectivity index (χ2v) is 7.89. The van der Waals surface area contributed by atoms with Gasteiger partial charge in [0.15, 0.2) is 0 Å². The van der Waals surface area contributed by atoms with Crippen LogP contribution in [0.5, 0.6) is 0 Å². The third-order valence-corrected chi connectivity index (χ3v) is 5.77. The second kappa shape index (κ2) is 8.53. The molecule has 1 aliphatic rings. The molecule has 0 unspecified atom stereocenters. The van der Waals surface area contributed by atoms with E-state index in [1.807, 2.05) is 42.6 Å². The number of nitrogens with zero attached hydrogens (tertiary/aromatic N) is 3. The molecule has 0 radical (unpaired) electrons. The summed E-state index contributed by atoms with van der Waals surface area (Å²) in [6.45, 7) is 2.37. The first-order chi connectivity index (χ1) is 14.1. The third-order valence-electron chi connectivity index (χ3n) is 5.77.